The Morgan fingerprint density at radius 3 is 1.31 bits per heavy atom. The van der Waals surface area contributed by atoms with Crippen molar-refractivity contribution in [1.82, 2.24) is 0 Å². The predicted molar refractivity (Wildman–Crippen MR) is 122 cm³/mol. The highest BCUT2D eigenvalue weighted by molar-refractivity contribution is 5.76. The van der Waals surface area contributed by atoms with Gasteiger partial charge in [0.2, 0.25) is 0 Å². The monoisotopic (exact) mass is 432 g/mol. The summed E-state index contributed by atoms with van der Waals surface area (Å²) in [6, 6.07) is 24.9. The Morgan fingerprint density at radius 2 is 0.938 bits per heavy atom. The van der Waals surface area contributed by atoms with Gasteiger partial charge in [0.25, 0.3) is 0 Å². The molecule has 0 radical (unpaired) electrons. The molecule has 3 rings (SSSR count). The van der Waals surface area contributed by atoms with E-state index in [-0.39, 0.29) is 13.2 Å². The number of ether oxygens (including phenoxy) is 2. The van der Waals surface area contributed by atoms with Crippen LogP contribution in [0.2, 0.25) is 0 Å². The van der Waals surface area contributed by atoms with Crippen LogP contribution >= 0.6 is 0 Å². The van der Waals surface area contributed by atoms with Crippen molar-refractivity contribution in [2.24, 2.45) is 11.5 Å². The molecule has 6 heteroatoms. The normalized spacial score (nSPS) is 12.6. The Balaban J connectivity index is 1.50. The second-order valence-electron chi connectivity index (χ2n) is 7.58. The van der Waals surface area contributed by atoms with Crippen molar-refractivity contribution in [3.8, 4) is 0 Å². The first-order valence-electron chi connectivity index (χ1n) is 10.5. The molecule has 6 nitrogen and oxygen atoms in total. The lowest BCUT2D eigenvalue weighted by Gasteiger charge is -2.15. The molecule has 0 aliphatic carbocycles. The van der Waals surface area contributed by atoms with Crippen molar-refractivity contribution in [2.75, 3.05) is 0 Å². The molecule has 0 aromatic heterocycles. The summed E-state index contributed by atoms with van der Waals surface area (Å²) in [6.45, 7) is 0.0935. The van der Waals surface area contributed by atoms with Crippen molar-refractivity contribution in [3.05, 3.63) is 107 Å². The highest BCUT2D eigenvalue weighted by Gasteiger charge is 2.18. The minimum Gasteiger partial charge on any atom is -0.460 e. The fourth-order valence-electron chi connectivity index (χ4n) is 3.25. The van der Waals surface area contributed by atoms with E-state index in [0.29, 0.717) is 12.8 Å². The van der Waals surface area contributed by atoms with Gasteiger partial charge in [-0.2, -0.15) is 0 Å². The lowest BCUT2D eigenvalue weighted by atomic mass is 10.1. The van der Waals surface area contributed by atoms with Crippen LogP contribution in [0.15, 0.2) is 84.9 Å². The second-order valence-corrected chi connectivity index (χ2v) is 7.58. The zero-order valence-corrected chi connectivity index (χ0v) is 17.9. The van der Waals surface area contributed by atoms with Gasteiger partial charge >= 0.3 is 11.9 Å². The summed E-state index contributed by atoms with van der Waals surface area (Å²) in [7, 11) is 0. The number of carbonyl (C=O) groups is 2. The molecular weight excluding hydrogens is 404 g/mol. The number of hydrogen-bond acceptors (Lipinski definition) is 6. The molecule has 0 aliphatic heterocycles. The minimum absolute atomic E-state index is 0.0467. The molecule has 0 fully saturated rings. The Labute approximate surface area is 188 Å². The van der Waals surface area contributed by atoms with Crippen molar-refractivity contribution in [1.29, 1.82) is 0 Å². The Bertz CT molecular complexity index is 926. The summed E-state index contributed by atoms with van der Waals surface area (Å²) in [5.41, 5.74) is 15.4. The molecule has 0 spiro atoms. The predicted octanol–water partition coefficient (Wildman–Crippen LogP) is 2.91. The number of rotatable bonds is 10. The zero-order valence-electron chi connectivity index (χ0n) is 17.9. The van der Waals surface area contributed by atoms with Crippen LogP contribution in [0.3, 0.4) is 0 Å². The first kappa shape index (κ1) is 23.2. The molecule has 0 heterocycles. The van der Waals surface area contributed by atoms with Crippen LogP contribution in [0.5, 0.6) is 0 Å². The molecule has 0 bridgehead atoms. The molecule has 166 valence electrons. The highest BCUT2D eigenvalue weighted by atomic mass is 16.5. The van der Waals surface area contributed by atoms with Gasteiger partial charge in [0.05, 0.1) is 0 Å². The van der Waals surface area contributed by atoms with E-state index in [0.717, 1.165) is 22.3 Å². The summed E-state index contributed by atoms with van der Waals surface area (Å²) < 4.78 is 10.8. The molecule has 2 atom stereocenters. The highest BCUT2D eigenvalue weighted by Crippen LogP contribution is 2.13. The minimum atomic E-state index is -0.752. The molecular formula is C26H28N2O4. The van der Waals surface area contributed by atoms with Gasteiger partial charge in [-0.05, 0) is 35.1 Å². The Morgan fingerprint density at radius 1 is 0.594 bits per heavy atom. The molecule has 32 heavy (non-hydrogen) atoms. The third-order valence-corrected chi connectivity index (χ3v) is 5.06. The zero-order chi connectivity index (χ0) is 22.8. The number of hydrogen-bond donors (Lipinski definition) is 2. The van der Waals surface area contributed by atoms with E-state index in [4.69, 9.17) is 20.9 Å². The van der Waals surface area contributed by atoms with Crippen LogP contribution in [0, 0.1) is 0 Å². The summed E-state index contributed by atoms with van der Waals surface area (Å²) in [5, 5.41) is 0. The summed E-state index contributed by atoms with van der Waals surface area (Å²) >= 11 is 0. The summed E-state index contributed by atoms with van der Waals surface area (Å²) in [4.78, 5) is 24.6. The average Bonchev–Trinajstić information content (AvgIpc) is 2.82. The van der Waals surface area contributed by atoms with Crippen molar-refractivity contribution in [3.63, 3.8) is 0 Å². The largest absolute Gasteiger partial charge is 0.460 e. The maximum absolute atomic E-state index is 12.3. The van der Waals surface area contributed by atoms with Gasteiger partial charge in [0.1, 0.15) is 25.3 Å². The Hall–Kier alpha value is -3.48. The van der Waals surface area contributed by atoms with Crippen LogP contribution in [0.1, 0.15) is 22.3 Å². The van der Waals surface area contributed by atoms with Crippen molar-refractivity contribution in [2.45, 2.75) is 38.1 Å². The van der Waals surface area contributed by atoms with Gasteiger partial charge < -0.3 is 20.9 Å². The topological polar surface area (TPSA) is 105 Å². The number of nitrogens with two attached hydrogens (primary N) is 2. The third kappa shape index (κ3) is 7.04. The van der Waals surface area contributed by atoms with Crippen LogP contribution in [0.4, 0.5) is 0 Å². The molecule has 4 N–H and O–H groups in total. The fraction of sp³-hybridized carbons (Fsp3) is 0.231. The molecule has 3 aromatic rings. The standard InChI is InChI=1S/C26H28N2O4/c27-23(15-19-9-3-1-4-10-19)25(29)31-17-21-13-7-8-14-22(21)18-32-26(30)24(28)16-20-11-5-2-6-12-20/h1-14,23-24H,15-18,27-28H2/t23-,24-/m1/s1. The number of carbonyl (C=O) groups excluding carboxylic acids is 2. The molecule has 0 aliphatic rings. The van der Waals surface area contributed by atoms with E-state index in [9.17, 15) is 9.59 Å². The average molecular weight is 433 g/mol. The van der Waals surface area contributed by atoms with Crippen molar-refractivity contribution < 1.29 is 19.1 Å². The maximum atomic E-state index is 12.3. The van der Waals surface area contributed by atoms with Gasteiger partial charge in [-0.25, -0.2) is 0 Å². The van der Waals surface area contributed by atoms with Crippen LogP contribution in [-0.2, 0) is 45.1 Å². The quantitative estimate of drug-likeness (QED) is 0.477. The van der Waals surface area contributed by atoms with Gasteiger partial charge in [0.15, 0.2) is 0 Å². The Kier molecular flexibility index (Phi) is 8.54. The van der Waals surface area contributed by atoms with Gasteiger partial charge in [0, 0.05) is 0 Å². The summed E-state index contributed by atoms with van der Waals surface area (Å²) in [5.74, 6) is -0.962. The van der Waals surface area contributed by atoms with E-state index < -0.39 is 24.0 Å². The number of benzene rings is 3. The molecule has 3 aromatic carbocycles. The van der Waals surface area contributed by atoms with Gasteiger partial charge in [-0.3, -0.25) is 9.59 Å². The van der Waals surface area contributed by atoms with E-state index in [1.807, 2.05) is 84.9 Å². The smallest absolute Gasteiger partial charge is 0.323 e. The lowest BCUT2D eigenvalue weighted by Crippen LogP contribution is -2.34. The van der Waals surface area contributed by atoms with E-state index in [1.54, 1.807) is 0 Å². The summed E-state index contributed by atoms with van der Waals surface area (Å²) in [6.07, 6.45) is 0.802. The van der Waals surface area contributed by atoms with Crippen LogP contribution in [-0.4, -0.2) is 24.0 Å². The van der Waals surface area contributed by atoms with Crippen LogP contribution < -0.4 is 11.5 Å². The maximum Gasteiger partial charge on any atom is 0.323 e. The van der Waals surface area contributed by atoms with E-state index in [2.05, 4.69) is 0 Å². The molecule has 0 saturated heterocycles. The fourth-order valence-corrected chi connectivity index (χ4v) is 3.25. The lowest BCUT2D eigenvalue weighted by molar-refractivity contribution is -0.148. The van der Waals surface area contributed by atoms with E-state index in [1.165, 1.54) is 0 Å². The third-order valence-electron chi connectivity index (χ3n) is 5.06. The van der Waals surface area contributed by atoms with E-state index >= 15 is 0 Å². The molecule has 0 unspecified atom stereocenters. The SMILES string of the molecule is N[C@H](Cc1ccccc1)C(=O)OCc1ccccc1COC(=O)[C@H](N)Cc1ccccc1. The van der Waals surface area contributed by atoms with Gasteiger partial charge in [-0.1, -0.05) is 84.9 Å². The first-order valence-corrected chi connectivity index (χ1v) is 10.5. The molecule has 0 saturated carbocycles. The molecule has 0 amide bonds. The first-order chi connectivity index (χ1) is 15.5. The van der Waals surface area contributed by atoms with Crippen LogP contribution in [0.25, 0.3) is 0 Å². The number of esters is 2. The second kappa shape index (κ2) is 11.8. The van der Waals surface area contributed by atoms with Gasteiger partial charge in [-0.15, -0.1) is 0 Å². The van der Waals surface area contributed by atoms with Crippen molar-refractivity contribution >= 4 is 11.9 Å².